The van der Waals surface area contributed by atoms with E-state index >= 15 is 0 Å². The molecular weight excluding hydrogens is 702 g/mol. The van der Waals surface area contributed by atoms with Crippen molar-refractivity contribution in [3.63, 3.8) is 0 Å². The van der Waals surface area contributed by atoms with Crippen LogP contribution in [0.25, 0.3) is 0 Å². The third-order valence-corrected chi connectivity index (χ3v) is 5.12. The molecule has 0 N–H and O–H groups in total. The summed E-state index contributed by atoms with van der Waals surface area (Å²) in [7, 11) is 0. The van der Waals surface area contributed by atoms with E-state index in [0.29, 0.717) is 0 Å². The van der Waals surface area contributed by atoms with E-state index in [9.17, 15) is 114 Å². The molecule has 0 aliphatic heterocycles. The third-order valence-electron chi connectivity index (χ3n) is 5.12. The third kappa shape index (κ3) is 4.69. The van der Waals surface area contributed by atoms with Crippen molar-refractivity contribution in [2.75, 3.05) is 0 Å². The number of rotatable bonds is 10. The number of halogens is 26. The Labute approximate surface area is 215 Å². The lowest BCUT2D eigenvalue weighted by atomic mass is 9.96. The first kappa shape index (κ1) is 38.4. The van der Waals surface area contributed by atoms with Gasteiger partial charge in [-0.15, -0.1) is 0 Å². The van der Waals surface area contributed by atoms with Gasteiger partial charge < -0.3 is 0 Å². The molecule has 0 aliphatic rings. The molecule has 0 amide bonds. The quantitative estimate of drug-likeness (QED) is 0.172. The molecule has 2 nitrogen and oxygen atoms in total. The van der Waals surface area contributed by atoms with Crippen molar-refractivity contribution in [2.45, 2.75) is 71.8 Å². The van der Waals surface area contributed by atoms with Crippen LogP contribution in [0.15, 0.2) is 18.7 Å². The van der Waals surface area contributed by atoms with Crippen molar-refractivity contribution in [2.24, 2.45) is 0 Å². The molecule has 0 fully saturated rings. The van der Waals surface area contributed by atoms with Gasteiger partial charge in [-0.2, -0.15) is 123 Å². The highest BCUT2D eigenvalue weighted by Gasteiger charge is 2.94. The van der Waals surface area contributed by atoms with Gasteiger partial charge in [-0.25, -0.2) is 0 Å². The van der Waals surface area contributed by atoms with Crippen LogP contribution in [0.1, 0.15) is 0 Å². The summed E-state index contributed by atoms with van der Waals surface area (Å²) in [5.41, 5.74) is 0. The zero-order chi connectivity index (χ0) is 35.3. The first-order chi connectivity index (χ1) is 18.2. The predicted molar refractivity (Wildman–Crippen MR) is 76.7 cm³/mol. The van der Waals surface area contributed by atoms with Gasteiger partial charge in [0.1, 0.15) is 12.4 Å². The number of imidazole rings is 1. The lowest BCUT2D eigenvalue weighted by molar-refractivity contribution is -0.849. The Balaban J connectivity index is 3.78. The van der Waals surface area contributed by atoms with Crippen molar-refractivity contribution >= 4 is 0 Å². The lowest BCUT2D eigenvalue weighted by Crippen LogP contribution is -2.74. The molecule has 1 heterocycles. The van der Waals surface area contributed by atoms with Crippen molar-refractivity contribution < 1.29 is 119 Å². The minimum Gasteiger partial charge on any atom is -0.192 e. The molecule has 0 atom stereocenters. The van der Waals surface area contributed by atoms with E-state index in [4.69, 9.17) is 0 Å². The molecule has 43 heavy (non-hydrogen) atoms. The summed E-state index contributed by atoms with van der Waals surface area (Å²) in [6, 6.07) is -15.2. The monoisotopic (exact) mass is 705 g/mol. The normalized spacial score (nSPS) is 16.6. The van der Waals surface area contributed by atoms with E-state index in [1.54, 1.807) is 0 Å². The van der Waals surface area contributed by atoms with Crippen LogP contribution in [0.3, 0.4) is 0 Å². The zero-order valence-corrected chi connectivity index (χ0v) is 18.5. The van der Waals surface area contributed by atoms with E-state index in [2.05, 4.69) is 0 Å². The van der Waals surface area contributed by atoms with E-state index in [0.717, 1.165) is 0 Å². The van der Waals surface area contributed by atoms with Crippen LogP contribution in [0.5, 0.6) is 0 Å². The summed E-state index contributed by atoms with van der Waals surface area (Å²) in [6.07, 6.45) is -20.7. The number of alkyl halides is 26. The van der Waals surface area contributed by atoms with Gasteiger partial charge in [0.2, 0.25) is 0 Å². The molecule has 0 aromatic carbocycles. The van der Waals surface area contributed by atoms with E-state index in [-0.39, 0.29) is 0 Å². The molecule has 0 aliphatic carbocycles. The highest BCUT2D eigenvalue weighted by Crippen LogP contribution is 2.62. The molecule has 0 radical (unpaired) electrons. The molecule has 1 aromatic rings. The largest absolute Gasteiger partial charge is 0.469 e. The molecule has 0 unspecified atom stereocenters. The first-order valence-corrected chi connectivity index (χ1v) is 9.23. The first-order valence-electron chi connectivity index (χ1n) is 9.23. The van der Waals surface area contributed by atoms with Crippen molar-refractivity contribution in [3.8, 4) is 0 Å². The summed E-state index contributed by atoms with van der Waals surface area (Å²) in [6.45, 7) is 0. The van der Waals surface area contributed by atoms with Gasteiger partial charge in [0, 0.05) is 0 Å². The molecule has 1 rings (SSSR count). The maximum Gasteiger partial charge on any atom is 0.469 e. The smallest absolute Gasteiger partial charge is 0.192 e. The molecule has 28 heteroatoms. The standard InChI is InChI=1S/C15H3F26N2/c16-4(17,8(24,25)12(32,33)34)6(20,21)10(28,29)14(38,39)42-1-2-43(3-42)15(40,41)11(30,31)7(22,23)5(18,19)9(26,27)13(35,36)37/h1-3H/q+1. The van der Waals surface area contributed by atoms with Crippen molar-refractivity contribution in [1.82, 2.24) is 4.57 Å². The Bertz CT molecular complexity index is 1080. The Morgan fingerprint density at radius 2 is 0.628 bits per heavy atom. The average Bonchev–Trinajstić information content (AvgIpc) is 3.28. The lowest BCUT2D eigenvalue weighted by Gasteiger charge is -2.38. The van der Waals surface area contributed by atoms with E-state index in [1.807, 2.05) is 0 Å². The van der Waals surface area contributed by atoms with Crippen LogP contribution in [-0.4, -0.2) is 64.3 Å². The minimum atomic E-state index is -8.61. The molecule has 1 aromatic heterocycles. The van der Waals surface area contributed by atoms with Crippen LogP contribution in [0.2, 0.25) is 0 Å². The second kappa shape index (κ2) is 9.45. The van der Waals surface area contributed by atoms with Gasteiger partial charge in [0.15, 0.2) is 0 Å². The Morgan fingerprint density at radius 3 is 0.930 bits per heavy atom. The summed E-state index contributed by atoms with van der Waals surface area (Å²) in [5.74, 6) is -67.6. The summed E-state index contributed by atoms with van der Waals surface area (Å²) in [5, 5.41) is 0. The van der Waals surface area contributed by atoms with E-state index in [1.165, 1.54) is 0 Å². The summed E-state index contributed by atoms with van der Waals surface area (Å²) < 4.78 is 336. The predicted octanol–water partition coefficient (Wildman–Crippen LogP) is 8.08. The fraction of sp³-hybridized carbons (Fsp3) is 0.800. The van der Waals surface area contributed by atoms with Crippen LogP contribution < -0.4 is 4.57 Å². The molecule has 254 valence electrons. The molecule has 0 saturated heterocycles. The van der Waals surface area contributed by atoms with Gasteiger partial charge in [-0.05, 0) is 0 Å². The van der Waals surface area contributed by atoms with Gasteiger partial charge in [0.05, 0.1) is 0 Å². The zero-order valence-electron chi connectivity index (χ0n) is 18.5. The maximum absolute atomic E-state index is 14.0. The summed E-state index contributed by atoms with van der Waals surface area (Å²) >= 11 is 0. The minimum absolute atomic E-state index is 1.45. The molecule has 0 saturated carbocycles. The highest BCUT2D eigenvalue weighted by atomic mass is 19.4. The van der Waals surface area contributed by atoms with Crippen molar-refractivity contribution in [3.05, 3.63) is 18.7 Å². The van der Waals surface area contributed by atoms with Gasteiger partial charge in [0.25, 0.3) is 6.33 Å². The second-order valence-electron chi connectivity index (χ2n) is 7.90. The molecular formula is C15H3F26N2+. The van der Waals surface area contributed by atoms with Crippen molar-refractivity contribution in [1.29, 1.82) is 0 Å². The average molecular weight is 705 g/mol. The molecule has 0 spiro atoms. The van der Waals surface area contributed by atoms with E-state index < -0.39 is 99.7 Å². The highest BCUT2D eigenvalue weighted by molar-refractivity contribution is 5.10. The van der Waals surface area contributed by atoms with Crippen LogP contribution in [0.4, 0.5) is 114 Å². The number of nitrogens with zero attached hydrogens (tertiary/aromatic N) is 2. The topological polar surface area (TPSA) is 8.81 Å². The maximum atomic E-state index is 14.0. The Morgan fingerprint density at radius 1 is 0.349 bits per heavy atom. The fourth-order valence-corrected chi connectivity index (χ4v) is 2.53. The number of hydrogen-bond acceptors (Lipinski definition) is 0. The SMILES string of the molecule is FC(F)(F)C(F)(F)C(F)(F)C(F)(F)C(F)(F)C(F)(F)n1cc[n+](C(F)(F)C(F)(F)C(F)(F)C(F)(F)C(F)(F)C(F)(F)F)c1. The fourth-order valence-electron chi connectivity index (χ4n) is 2.53. The van der Waals surface area contributed by atoms with Gasteiger partial charge in [-0.1, -0.05) is 0 Å². The van der Waals surface area contributed by atoms with Gasteiger partial charge in [-0.3, -0.25) is 0 Å². The Kier molecular flexibility index (Phi) is 8.44. The van der Waals surface area contributed by atoms with Crippen LogP contribution in [-0.2, 0) is 12.1 Å². The van der Waals surface area contributed by atoms with Gasteiger partial charge >= 0.3 is 71.8 Å². The second-order valence-corrected chi connectivity index (χ2v) is 7.90. The number of hydrogen-bond donors (Lipinski definition) is 0. The summed E-state index contributed by atoms with van der Waals surface area (Å²) in [4.78, 5) is 0. The van der Waals surface area contributed by atoms with Crippen LogP contribution >= 0.6 is 0 Å². The molecule has 0 bridgehead atoms. The Hall–Kier alpha value is -2.61. The number of aromatic nitrogens is 2. The van der Waals surface area contributed by atoms with Crippen LogP contribution in [0, 0.1) is 0 Å².